The molecule has 0 bridgehead atoms. The Morgan fingerprint density at radius 2 is 2.00 bits per heavy atom. The smallest absolute Gasteiger partial charge is 0.322 e. The minimum absolute atomic E-state index is 0.256. The third kappa shape index (κ3) is 3.59. The Balaban J connectivity index is 1.51. The van der Waals surface area contributed by atoms with E-state index in [1.807, 2.05) is 18.2 Å². The molecular weight excluding hydrogens is 344 g/mol. The number of hydrogen-bond donors (Lipinski definition) is 2. The van der Waals surface area contributed by atoms with Gasteiger partial charge in [0.1, 0.15) is 0 Å². The van der Waals surface area contributed by atoms with Gasteiger partial charge in [0.05, 0.1) is 12.6 Å². The van der Waals surface area contributed by atoms with E-state index >= 15 is 0 Å². The number of nitrogens with zero attached hydrogens (tertiary/aromatic N) is 4. The van der Waals surface area contributed by atoms with Crippen molar-refractivity contribution in [2.24, 2.45) is 0 Å². The van der Waals surface area contributed by atoms with Gasteiger partial charge >= 0.3 is 6.01 Å². The van der Waals surface area contributed by atoms with Crippen LogP contribution in [0.25, 0.3) is 22.5 Å². The maximum atomic E-state index is 5.71. The summed E-state index contributed by atoms with van der Waals surface area (Å²) in [6, 6.07) is 10.3. The molecule has 0 unspecified atom stereocenters. The SMILES string of the molecule is CCCCc1ccc(-c2nnc(Nc3nc4c(OC)nccc4[nH]3)o2)cc1. The molecule has 0 aliphatic rings. The number of aryl methyl sites for hydroxylation is 1. The van der Waals surface area contributed by atoms with Crippen LogP contribution in [0.4, 0.5) is 12.0 Å². The molecule has 3 aromatic heterocycles. The zero-order valence-corrected chi connectivity index (χ0v) is 15.2. The van der Waals surface area contributed by atoms with Crippen molar-refractivity contribution < 1.29 is 9.15 Å². The van der Waals surface area contributed by atoms with Crippen LogP contribution in [0.3, 0.4) is 0 Å². The number of rotatable bonds is 7. The Morgan fingerprint density at radius 3 is 2.78 bits per heavy atom. The summed E-state index contributed by atoms with van der Waals surface area (Å²) in [4.78, 5) is 11.7. The third-order valence-corrected chi connectivity index (χ3v) is 4.23. The van der Waals surface area contributed by atoms with Gasteiger partial charge in [0.2, 0.25) is 17.7 Å². The number of aromatic amines is 1. The van der Waals surface area contributed by atoms with Gasteiger partial charge in [0, 0.05) is 11.8 Å². The lowest BCUT2D eigenvalue weighted by Crippen LogP contribution is -1.92. The molecule has 8 nitrogen and oxygen atoms in total. The maximum Gasteiger partial charge on any atom is 0.322 e. The monoisotopic (exact) mass is 364 g/mol. The summed E-state index contributed by atoms with van der Waals surface area (Å²) < 4.78 is 10.9. The van der Waals surface area contributed by atoms with E-state index in [4.69, 9.17) is 9.15 Å². The van der Waals surface area contributed by atoms with Crippen LogP contribution in [0.2, 0.25) is 0 Å². The highest BCUT2D eigenvalue weighted by Crippen LogP contribution is 2.25. The number of aromatic nitrogens is 5. The predicted molar refractivity (Wildman–Crippen MR) is 102 cm³/mol. The first-order valence-corrected chi connectivity index (χ1v) is 8.85. The highest BCUT2D eigenvalue weighted by Gasteiger charge is 2.13. The van der Waals surface area contributed by atoms with Gasteiger partial charge in [-0.3, -0.25) is 5.32 Å². The molecule has 0 spiro atoms. The van der Waals surface area contributed by atoms with Crippen LogP contribution in [0, 0.1) is 0 Å². The highest BCUT2D eigenvalue weighted by molar-refractivity contribution is 5.82. The van der Waals surface area contributed by atoms with Gasteiger partial charge in [0.25, 0.3) is 0 Å². The molecule has 4 aromatic rings. The Labute approximate surface area is 156 Å². The van der Waals surface area contributed by atoms with E-state index in [0.29, 0.717) is 23.2 Å². The second-order valence-corrected chi connectivity index (χ2v) is 6.14. The molecule has 27 heavy (non-hydrogen) atoms. The quantitative estimate of drug-likeness (QED) is 0.509. The fourth-order valence-corrected chi connectivity index (χ4v) is 2.81. The standard InChI is InChI=1S/C19H20N6O2/c1-3-4-5-12-6-8-13(9-7-12)16-24-25-19(27-16)23-18-21-14-10-11-20-17(26-2)15(14)22-18/h6-11H,3-5H2,1-2H3,(H2,21,22,23,25). The molecule has 3 heterocycles. The minimum atomic E-state index is 0.256. The second kappa shape index (κ2) is 7.45. The summed E-state index contributed by atoms with van der Waals surface area (Å²) >= 11 is 0. The average molecular weight is 364 g/mol. The summed E-state index contributed by atoms with van der Waals surface area (Å²) in [5, 5.41) is 11.1. The topological polar surface area (TPSA) is 102 Å². The first-order chi connectivity index (χ1) is 13.3. The molecule has 4 rings (SSSR count). The number of benzene rings is 1. The van der Waals surface area contributed by atoms with Crippen LogP contribution in [0.15, 0.2) is 40.9 Å². The predicted octanol–water partition coefficient (Wildman–Crippen LogP) is 4.10. The Kier molecular flexibility index (Phi) is 4.69. The van der Waals surface area contributed by atoms with Crippen LogP contribution in [0.1, 0.15) is 25.3 Å². The minimum Gasteiger partial charge on any atom is -0.479 e. The van der Waals surface area contributed by atoms with Crippen molar-refractivity contribution in [3.8, 4) is 17.3 Å². The van der Waals surface area contributed by atoms with Crippen LogP contribution in [-0.4, -0.2) is 32.3 Å². The van der Waals surface area contributed by atoms with Crippen molar-refractivity contribution in [3.63, 3.8) is 0 Å². The van der Waals surface area contributed by atoms with E-state index in [-0.39, 0.29) is 6.01 Å². The molecule has 0 radical (unpaired) electrons. The van der Waals surface area contributed by atoms with Gasteiger partial charge in [-0.25, -0.2) is 9.97 Å². The van der Waals surface area contributed by atoms with E-state index in [1.165, 1.54) is 18.4 Å². The van der Waals surface area contributed by atoms with Crippen LogP contribution >= 0.6 is 0 Å². The fourth-order valence-electron chi connectivity index (χ4n) is 2.81. The number of hydrogen-bond acceptors (Lipinski definition) is 7. The average Bonchev–Trinajstić information content (AvgIpc) is 3.33. The van der Waals surface area contributed by atoms with E-state index in [9.17, 15) is 0 Å². The van der Waals surface area contributed by atoms with Gasteiger partial charge in [-0.05, 0) is 36.6 Å². The molecule has 1 aromatic carbocycles. The summed E-state index contributed by atoms with van der Waals surface area (Å²) in [6.45, 7) is 2.19. The summed E-state index contributed by atoms with van der Waals surface area (Å²) in [5.74, 6) is 1.38. The van der Waals surface area contributed by atoms with Crippen LogP contribution < -0.4 is 10.1 Å². The number of ether oxygens (including phenoxy) is 1. The summed E-state index contributed by atoms with van der Waals surface area (Å²) in [7, 11) is 1.56. The molecule has 0 amide bonds. The Hall–Kier alpha value is -3.42. The van der Waals surface area contributed by atoms with Crippen molar-refractivity contribution in [1.82, 2.24) is 25.1 Å². The van der Waals surface area contributed by atoms with E-state index < -0.39 is 0 Å². The molecule has 0 atom stereocenters. The first kappa shape index (κ1) is 17.0. The molecule has 0 aliphatic heterocycles. The zero-order chi connectivity index (χ0) is 18.6. The van der Waals surface area contributed by atoms with Gasteiger partial charge in [0.15, 0.2) is 5.52 Å². The van der Waals surface area contributed by atoms with Crippen molar-refractivity contribution in [1.29, 1.82) is 0 Å². The van der Waals surface area contributed by atoms with Crippen LogP contribution in [0.5, 0.6) is 5.88 Å². The lowest BCUT2D eigenvalue weighted by molar-refractivity contribution is 0.402. The highest BCUT2D eigenvalue weighted by atomic mass is 16.5. The van der Waals surface area contributed by atoms with E-state index in [1.54, 1.807) is 13.3 Å². The molecule has 0 saturated carbocycles. The first-order valence-electron chi connectivity index (χ1n) is 8.85. The Bertz CT molecular complexity index is 1040. The van der Waals surface area contributed by atoms with Gasteiger partial charge in [-0.1, -0.05) is 30.6 Å². The van der Waals surface area contributed by atoms with Gasteiger partial charge in [-0.15, -0.1) is 5.10 Å². The zero-order valence-electron chi connectivity index (χ0n) is 15.2. The molecular formula is C19H20N6O2. The number of pyridine rings is 1. The molecule has 8 heteroatoms. The number of imidazole rings is 1. The second-order valence-electron chi connectivity index (χ2n) is 6.14. The van der Waals surface area contributed by atoms with E-state index in [0.717, 1.165) is 17.5 Å². The molecule has 138 valence electrons. The van der Waals surface area contributed by atoms with Crippen molar-refractivity contribution in [2.45, 2.75) is 26.2 Å². The van der Waals surface area contributed by atoms with Crippen molar-refractivity contribution >= 4 is 23.0 Å². The largest absolute Gasteiger partial charge is 0.479 e. The van der Waals surface area contributed by atoms with Gasteiger partial charge < -0.3 is 14.1 Å². The lowest BCUT2D eigenvalue weighted by Gasteiger charge is -2.00. The summed E-state index contributed by atoms with van der Waals surface area (Å²) in [5.41, 5.74) is 3.62. The molecule has 2 N–H and O–H groups in total. The Morgan fingerprint density at radius 1 is 1.15 bits per heavy atom. The maximum absolute atomic E-state index is 5.71. The van der Waals surface area contributed by atoms with E-state index in [2.05, 4.69) is 49.5 Å². The number of unbranched alkanes of at least 4 members (excludes halogenated alkanes) is 1. The molecule has 0 aliphatic carbocycles. The van der Waals surface area contributed by atoms with Gasteiger partial charge in [-0.2, -0.15) is 0 Å². The number of fused-ring (bicyclic) bond motifs is 1. The number of H-pyrrole nitrogens is 1. The van der Waals surface area contributed by atoms with Crippen molar-refractivity contribution in [2.75, 3.05) is 12.4 Å². The summed E-state index contributed by atoms with van der Waals surface area (Å²) in [6.07, 6.45) is 5.10. The fraction of sp³-hybridized carbons (Fsp3) is 0.263. The molecule has 0 fully saturated rings. The van der Waals surface area contributed by atoms with Crippen LogP contribution in [-0.2, 0) is 6.42 Å². The molecule has 0 saturated heterocycles. The van der Waals surface area contributed by atoms with Crippen molar-refractivity contribution in [3.05, 3.63) is 42.1 Å². The normalized spacial score (nSPS) is 11.0. The number of nitrogens with one attached hydrogen (secondary N) is 2. The lowest BCUT2D eigenvalue weighted by atomic mass is 10.1. The third-order valence-electron chi connectivity index (χ3n) is 4.23. The number of methoxy groups -OCH3 is 1. The number of anilines is 2.